The summed E-state index contributed by atoms with van der Waals surface area (Å²) >= 11 is 0. The Morgan fingerprint density at radius 2 is 1.95 bits per heavy atom. The van der Waals surface area contributed by atoms with Gasteiger partial charge in [-0.15, -0.1) is 0 Å². The zero-order valence-corrected chi connectivity index (χ0v) is 11.1. The molecule has 2 aromatic rings. The molecule has 2 aliphatic heterocycles. The van der Waals surface area contributed by atoms with Crippen molar-refractivity contribution in [3.05, 3.63) is 64.7 Å². The van der Waals surface area contributed by atoms with E-state index in [1.165, 1.54) is 5.56 Å². The summed E-state index contributed by atoms with van der Waals surface area (Å²) in [7, 11) is 0. The van der Waals surface area contributed by atoms with Crippen LogP contribution in [0.15, 0.2) is 42.5 Å². The van der Waals surface area contributed by atoms with E-state index in [0.29, 0.717) is 17.9 Å². The number of hydrogen-bond donors (Lipinski definition) is 1. The molecule has 0 saturated carbocycles. The minimum atomic E-state index is -0.0883. The standard InChI is InChI=1S/C17H13NO2/c1-10-6-7-12-11(8-10)9-20-16(12)15-13-4-2-3-5-14(13)18-17(15)19/h2-8H,9H2,1H3,(H,18,19)/b16-15+. The number of amides is 1. The van der Waals surface area contributed by atoms with Crippen LogP contribution in [-0.2, 0) is 16.1 Å². The summed E-state index contributed by atoms with van der Waals surface area (Å²) in [5.41, 5.74) is 5.78. The number of rotatable bonds is 0. The highest BCUT2D eigenvalue weighted by atomic mass is 16.5. The number of aryl methyl sites for hydroxylation is 1. The molecule has 0 spiro atoms. The molecule has 0 saturated heterocycles. The normalized spacial score (nSPS) is 19.4. The van der Waals surface area contributed by atoms with Crippen molar-refractivity contribution in [2.45, 2.75) is 13.5 Å². The van der Waals surface area contributed by atoms with E-state index in [9.17, 15) is 4.79 Å². The molecule has 2 aliphatic rings. The van der Waals surface area contributed by atoms with Crippen LogP contribution in [0.5, 0.6) is 0 Å². The zero-order valence-electron chi connectivity index (χ0n) is 11.1. The first-order valence-electron chi connectivity index (χ1n) is 6.62. The van der Waals surface area contributed by atoms with Gasteiger partial charge in [-0.1, -0.05) is 42.0 Å². The second-order valence-corrected chi connectivity index (χ2v) is 5.15. The largest absolute Gasteiger partial charge is 0.487 e. The first-order valence-corrected chi connectivity index (χ1v) is 6.62. The van der Waals surface area contributed by atoms with Gasteiger partial charge in [-0.05, 0) is 13.0 Å². The Labute approximate surface area is 116 Å². The number of para-hydroxylation sites is 1. The minimum Gasteiger partial charge on any atom is -0.487 e. The fraction of sp³-hybridized carbons (Fsp3) is 0.118. The fourth-order valence-corrected chi connectivity index (χ4v) is 2.84. The lowest BCUT2D eigenvalue weighted by Crippen LogP contribution is -2.05. The van der Waals surface area contributed by atoms with E-state index in [1.807, 2.05) is 36.4 Å². The molecule has 2 aromatic carbocycles. The van der Waals surface area contributed by atoms with Crippen LogP contribution < -0.4 is 5.32 Å². The van der Waals surface area contributed by atoms with Gasteiger partial charge in [0.25, 0.3) is 5.91 Å². The summed E-state index contributed by atoms with van der Waals surface area (Å²) < 4.78 is 5.81. The van der Waals surface area contributed by atoms with Gasteiger partial charge in [0.05, 0.1) is 5.57 Å². The quantitative estimate of drug-likeness (QED) is 0.740. The average Bonchev–Trinajstić information content (AvgIpc) is 2.97. The van der Waals surface area contributed by atoms with E-state index < -0.39 is 0 Å². The van der Waals surface area contributed by atoms with Crippen LogP contribution in [-0.4, -0.2) is 5.91 Å². The van der Waals surface area contributed by atoms with Crippen LogP contribution in [0.1, 0.15) is 22.3 Å². The van der Waals surface area contributed by atoms with Gasteiger partial charge in [0.2, 0.25) is 0 Å². The summed E-state index contributed by atoms with van der Waals surface area (Å²) in [6.45, 7) is 2.59. The van der Waals surface area contributed by atoms with Gasteiger partial charge in [0.1, 0.15) is 12.4 Å². The topological polar surface area (TPSA) is 38.3 Å². The third-order valence-electron chi connectivity index (χ3n) is 3.78. The van der Waals surface area contributed by atoms with E-state index in [0.717, 1.165) is 22.4 Å². The van der Waals surface area contributed by atoms with Crippen LogP contribution in [0, 0.1) is 6.92 Å². The highest BCUT2D eigenvalue weighted by Crippen LogP contribution is 2.41. The number of carbonyl (C=O) groups is 1. The lowest BCUT2D eigenvalue weighted by molar-refractivity contribution is -0.110. The van der Waals surface area contributed by atoms with Crippen molar-refractivity contribution >= 4 is 22.9 Å². The number of carbonyl (C=O) groups excluding carboxylic acids is 1. The second-order valence-electron chi connectivity index (χ2n) is 5.15. The van der Waals surface area contributed by atoms with Crippen LogP contribution >= 0.6 is 0 Å². The van der Waals surface area contributed by atoms with Gasteiger partial charge in [0.15, 0.2) is 0 Å². The Morgan fingerprint density at radius 3 is 2.85 bits per heavy atom. The number of nitrogens with one attached hydrogen (secondary N) is 1. The van der Waals surface area contributed by atoms with Gasteiger partial charge >= 0.3 is 0 Å². The lowest BCUT2D eigenvalue weighted by atomic mass is 9.99. The molecule has 1 N–H and O–H groups in total. The number of fused-ring (bicyclic) bond motifs is 2. The third-order valence-corrected chi connectivity index (χ3v) is 3.78. The Morgan fingerprint density at radius 1 is 1.10 bits per heavy atom. The average molecular weight is 263 g/mol. The van der Waals surface area contributed by atoms with Gasteiger partial charge in [-0.3, -0.25) is 4.79 Å². The first-order chi connectivity index (χ1) is 9.74. The zero-order chi connectivity index (χ0) is 13.7. The van der Waals surface area contributed by atoms with Crippen LogP contribution in [0.2, 0.25) is 0 Å². The maximum Gasteiger partial charge on any atom is 0.260 e. The Balaban J connectivity index is 1.96. The highest BCUT2D eigenvalue weighted by molar-refractivity contribution is 6.36. The Hall–Kier alpha value is -2.55. The molecule has 0 aliphatic carbocycles. The molecule has 3 nitrogen and oxygen atoms in total. The molecule has 20 heavy (non-hydrogen) atoms. The molecule has 98 valence electrons. The number of hydrogen-bond acceptors (Lipinski definition) is 2. The van der Waals surface area contributed by atoms with Crippen molar-refractivity contribution in [2.24, 2.45) is 0 Å². The summed E-state index contributed by atoms with van der Waals surface area (Å²) in [6, 6.07) is 13.9. The molecule has 0 aromatic heterocycles. The lowest BCUT2D eigenvalue weighted by Gasteiger charge is -2.05. The van der Waals surface area contributed by atoms with Gasteiger partial charge in [-0.2, -0.15) is 0 Å². The predicted octanol–water partition coefficient (Wildman–Crippen LogP) is 3.35. The maximum absolute atomic E-state index is 12.2. The Bertz CT molecular complexity index is 774. The predicted molar refractivity (Wildman–Crippen MR) is 77.9 cm³/mol. The molecule has 2 heterocycles. The van der Waals surface area contributed by atoms with Gasteiger partial charge in [-0.25, -0.2) is 0 Å². The van der Waals surface area contributed by atoms with Crippen LogP contribution in [0.4, 0.5) is 5.69 Å². The molecular formula is C17H13NO2. The molecule has 1 amide bonds. The number of ether oxygens (including phenoxy) is 1. The van der Waals surface area contributed by atoms with Crippen molar-refractivity contribution in [1.82, 2.24) is 0 Å². The van der Waals surface area contributed by atoms with Crippen molar-refractivity contribution in [3.63, 3.8) is 0 Å². The molecule has 4 rings (SSSR count). The van der Waals surface area contributed by atoms with E-state index in [2.05, 4.69) is 18.3 Å². The molecule has 0 atom stereocenters. The highest BCUT2D eigenvalue weighted by Gasteiger charge is 2.31. The molecular weight excluding hydrogens is 250 g/mol. The molecule has 0 radical (unpaired) electrons. The molecule has 0 fully saturated rings. The monoisotopic (exact) mass is 263 g/mol. The fourth-order valence-electron chi connectivity index (χ4n) is 2.84. The maximum atomic E-state index is 12.2. The molecule has 0 unspecified atom stereocenters. The Kier molecular flexibility index (Phi) is 2.24. The summed E-state index contributed by atoms with van der Waals surface area (Å²) in [5.74, 6) is 0.608. The van der Waals surface area contributed by atoms with Crippen molar-refractivity contribution in [1.29, 1.82) is 0 Å². The van der Waals surface area contributed by atoms with E-state index in [4.69, 9.17) is 4.74 Å². The van der Waals surface area contributed by atoms with Crippen LogP contribution in [0.25, 0.3) is 11.3 Å². The molecule has 0 bridgehead atoms. The van der Waals surface area contributed by atoms with Crippen molar-refractivity contribution in [3.8, 4) is 0 Å². The molecule has 3 heteroatoms. The summed E-state index contributed by atoms with van der Waals surface area (Å²) in [6.07, 6.45) is 0. The second kappa shape index (κ2) is 3.97. The van der Waals surface area contributed by atoms with Gasteiger partial charge in [0, 0.05) is 22.4 Å². The van der Waals surface area contributed by atoms with Crippen molar-refractivity contribution < 1.29 is 9.53 Å². The third kappa shape index (κ3) is 1.50. The first kappa shape index (κ1) is 11.3. The number of benzene rings is 2. The summed E-state index contributed by atoms with van der Waals surface area (Å²) in [5, 5.41) is 2.89. The van der Waals surface area contributed by atoms with Crippen LogP contribution in [0.3, 0.4) is 0 Å². The summed E-state index contributed by atoms with van der Waals surface area (Å²) in [4.78, 5) is 12.2. The van der Waals surface area contributed by atoms with Gasteiger partial charge < -0.3 is 10.1 Å². The SMILES string of the molecule is Cc1ccc2c(c1)CO/C2=C1/C(=O)Nc2ccccc21. The smallest absolute Gasteiger partial charge is 0.260 e. The van der Waals surface area contributed by atoms with Crippen molar-refractivity contribution in [2.75, 3.05) is 5.32 Å². The van der Waals surface area contributed by atoms with E-state index in [-0.39, 0.29) is 5.91 Å². The van der Waals surface area contributed by atoms with E-state index in [1.54, 1.807) is 0 Å². The minimum absolute atomic E-state index is 0.0883. The van der Waals surface area contributed by atoms with E-state index >= 15 is 0 Å². The number of anilines is 1.